The number of amides is 2. The normalized spacial score (nSPS) is 14.1. The molecule has 2 aromatic rings. The van der Waals surface area contributed by atoms with Gasteiger partial charge in [0.25, 0.3) is 0 Å². The molecule has 0 aliphatic carbocycles. The molecule has 2 amide bonds. The lowest BCUT2D eigenvalue weighted by Gasteiger charge is -2.21. The fraction of sp³-hybridized carbons (Fsp3) is 0.412. The molecule has 0 spiro atoms. The third-order valence-electron chi connectivity index (χ3n) is 3.75. The van der Waals surface area contributed by atoms with E-state index in [0.29, 0.717) is 19.8 Å². The van der Waals surface area contributed by atoms with E-state index in [1.165, 1.54) is 0 Å². The maximum Gasteiger partial charge on any atom is 0.315 e. The van der Waals surface area contributed by atoms with E-state index in [1.54, 1.807) is 11.3 Å². The molecular formula is C17H21N3O3S. The molecule has 0 bridgehead atoms. The minimum Gasteiger partial charge on any atom is -0.486 e. The maximum absolute atomic E-state index is 12.0. The van der Waals surface area contributed by atoms with Crippen LogP contribution in [0.3, 0.4) is 0 Å². The highest BCUT2D eigenvalue weighted by Crippen LogP contribution is 2.32. The largest absolute Gasteiger partial charge is 0.486 e. The molecule has 0 saturated heterocycles. The Morgan fingerprint density at radius 1 is 1.33 bits per heavy atom. The van der Waals surface area contributed by atoms with E-state index in [-0.39, 0.29) is 12.1 Å². The number of hydrogen-bond acceptors (Lipinski definition) is 5. The molecule has 2 N–H and O–H groups in total. The second-order valence-electron chi connectivity index (χ2n) is 5.63. The first-order valence-corrected chi connectivity index (χ1v) is 8.84. The first kappa shape index (κ1) is 16.6. The van der Waals surface area contributed by atoms with Gasteiger partial charge in [-0.15, -0.1) is 11.3 Å². The van der Waals surface area contributed by atoms with Gasteiger partial charge < -0.3 is 20.1 Å². The highest BCUT2D eigenvalue weighted by molar-refractivity contribution is 7.09. The second kappa shape index (κ2) is 7.53. The Kier molecular flexibility index (Phi) is 5.20. The van der Waals surface area contributed by atoms with Crippen molar-refractivity contribution < 1.29 is 14.3 Å². The van der Waals surface area contributed by atoms with E-state index in [0.717, 1.165) is 34.2 Å². The molecule has 6 nitrogen and oxygen atoms in total. The summed E-state index contributed by atoms with van der Waals surface area (Å²) in [4.78, 5) is 16.4. The van der Waals surface area contributed by atoms with E-state index < -0.39 is 0 Å². The Bertz CT molecular complexity index is 717. The monoisotopic (exact) mass is 347 g/mol. The number of hydrogen-bond donors (Lipinski definition) is 2. The maximum atomic E-state index is 12.0. The van der Waals surface area contributed by atoms with Crippen molar-refractivity contribution in [3.63, 3.8) is 0 Å². The van der Waals surface area contributed by atoms with Gasteiger partial charge in [-0.3, -0.25) is 0 Å². The topological polar surface area (TPSA) is 72.5 Å². The predicted molar refractivity (Wildman–Crippen MR) is 92.9 cm³/mol. The fourth-order valence-corrected chi connectivity index (χ4v) is 3.13. The Labute approximate surface area is 145 Å². The molecule has 24 heavy (non-hydrogen) atoms. The van der Waals surface area contributed by atoms with Gasteiger partial charge in [-0.05, 0) is 31.5 Å². The Balaban J connectivity index is 1.48. The summed E-state index contributed by atoms with van der Waals surface area (Å²) in [5.74, 6) is 1.48. The molecule has 128 valence electrons. The van der Waals surface area contributed by atoms with Crippen LogP contribution in [-0.2, 0) is 6.42 Å². The first-order chi connectivity index (χ1) is 11.6. The number of ether oxygens (including phenoxy) is 2. The number of carbonyl (C=O) groups excluding carboxylic acids is 1. The quantitative estimate of drug-likeness (QED) is 0.872. The number of benzene rings is 1. The van der Waals surface area contributed by atoms with Gasteiger partial charge in [0.1, 0.15) is 13.2 Å². The van der Waals surface area contributed by atoms with Crippen LogP contribution in [0.4, 0.5) is 4.79 Å². The average molecular weight is 347 g/mol. The second-order valence-corrected chi connectivity index (χ2v) is 6.70. The van der Waals surface area contributed by atoms with Gasteiger partial charge >= 0.3 is 6.03 Å². The molecule has 1 aliphatic heterocycles. The average Bonchev–Trinajstić information content (AvgIpc) is 2.99. The number of carbonyl (C=O) groups is 1. The summed E-state index contributed by atoms with van der Waals surface area (Å²) in [5, 5.41) is 8.86. The van der Waals surface area contributed by atoms with Crippen LogP contribution in [0.25, 0.3) is 0 Å². The van der Waals surface area contributed by atoms with Crippen LogP contribution in [0.1, 0.15) is 29.2 Å². The van der Waals surface area contributed by atoms with Gasteiger partial charge in [0, 0.05) is 18.3 Å². The molecule has 7 heteroatoms. The van der Waals surface area contributed by atoms with Gasteiger partial charge in [0.15, 0.2) is 11.5 Å². The molecule has 0 saturated carbocycles. The third-order valence-corrected chi connectivity index (χ3v) is 4.57. The summed E-state index contributed by atoms with van der Waals surface area (Å²) in [6.45, 7) is 5.59. The summed E-state index contributed by atoms with van der Waals surface area (Å²) in [7, 11) is 0. The molecule has 1 aliphatic rings. The number of nitrogens with zero attached hydrogens (tertiary/aromatic N) is 1. The molecule has 0 unspecified atom stereocenters. The summed E-state index contributed by atoms with van der Waals surface area (Å²) < 4.78 is 11.1. The van der Waals surface area contributed by atoms with Crippen LogP contribution in [0.2, 0.25) is 0 Å². The summed E-state index contributed by atoms with van der Waals surface area (Å²) in [6, 6.07) is 5.42. The van der Waals surface area contributed by atoms with Crippen LogP contribution in [0.5, 0.6) is 11.5 Å². The van der Waals surface area contributed by atoms with Crippen molar-refractivity contribution in [1.82, 2.24) is 15.6 Å². The lowest BCUT2D eigenvalue weighted by Crippen LogP contribution is -2.38. The Morgan fingerprint density at radius 3 is 2.88 bits per heavy atom. The minimum atomic E-state index is -0.190. The zero-order chi connectivity index (χ0) is 16.9. The van der Waals surface area contributed by atoms with Gasteiger partial charge in [0.2, 0.25) is 0 Å². The van der Waals surface area contributed by atoms with E-state index >= 15 is 0 Å². The Morgan fingerprint density at radius 2 is 2.12 bits per heavy atom. The van der Waals surface area contributed by atoms with Crippen molar-refractivity contribution in [3.8, 4) is 11.5 Å². The highest BCUT2D eigenvalue weighted by Gasteiger charge is 2.15. The van der Waals surface area contributed by atoms with Crippen LogP contribution in [0.15, 0.2) is 23.6 Å². The summed E-state index contributed by atoms with van der Waals surface area (Å²) in [5.41, 5.74) is 1.99. The molecule has 1 aromatic heterocycles. The molecule has 2 heterocycles. The zero-order valence-electron chi connectivity index (χ0n) is 13.8. The molecular weight excluding hydrogens is 326 g/mol. The number of aromatic nitrogens is 1. The third kappa shape index (κ3) is 4.17. The standard InChI is InChI=1S/C17H21N3O3S/c1-11(13-3-4-15-16(9-13)23-8-7-22-15)19-17(21)18-6-5-14-10-24-12(2)20-14/h3-4,9-11H,5-8H2,1-2H3,(H2,18,19,21)/t11-/m0/s1. The number of nitrogens with one attached hydrogen (secondary N) is 2. The number of fused-ring (bicyclic) bond motifs is 1. The predicted octanol–water partition coefficient (Wildman–Crippen LogP) is 2.83. The summed E-state index contributed by atoms with van der Waals surface area (Å²) >= 11 is 1.62. The van der Waals surface area contributed by atoms with Crippen molar-refractivity contribution in [2.24, 2.45) is 0 Å². The zero-order valence-corrected chi connectivity index (χ0v) is 14.6. The van der Waals surface area contributed by atoms with Gasteiger partial charge in [0.05, 0.1) is 16.7 Å². The van der Waals surface area contributed by atoms with Gasteiger partial charge in [-0.25, -0.2) is 9.78 Å². The van der Waals surface area contributed by atoms with Crippen LogP contribution >= 0.6 is 11.3 Å². The van der Waals surface area contributed by atoms with Crippen molar-refractivity contribution in [2.75, 3.05) is 19.8 Å². The van der Waals surface area contributed by atoms with Crippen molar-refractivity contribution in [2.45, 2.75) is 26.3 Å². The van der Waals surface area contributed by atoms with Crippen LogP contribution in [0, 0.1) is 6.92 Å². The van der Waals surface area contributed by atoms with Gasteiger partial charge in [-0.2, -0.15) is 0 Å². The molecule has 0 fully saturated rings. The lowest BCUT2D eigenvalue weighted by atomic mass is 10.1. The van der Waals surface area contributed by atoms with E-state index in [1.807, 2.05) is 37.4 Å². The van der Waals surface area contributed by atoms with Crippen LogP contribution in [-0.4, -0.2) is 30.8 Å². The number of urea groups is 1. The number of aryl methyl sites for hydroxylation is 1. The SMILES string of the molecule is Cc1nc(CCNC(=O)N[C@@H](C)c2ccc3c(c2)OCCO3)cs1. The summed E-state index contributed by atoms with van der Waals surface area (Å²) in [6.07, 6.45) is 0.732. The fourth-order valence-electron chi connectivity index (χ4n) is 2.49. The smallest absolute Gasteiger partial charge is 0.315 e. The molecule has 1 atom stereocenters. The van der Waals surface area contributed by atoms with Crippen molar-refractivity contribution in [3.05, 3.63) is 39.8 Å². The minimum absolute atomic E-state index is 0.123. The molecule has 1 aromatic carbocycles. The van der Waals surface area contributed by atoms with E-state index in [2.05, 4.69) is 15.6 Å². The lowest BCUT2D eigenvalue weighted by molar-refractivity contribution is 0.171. The molecule has 3 rings (SSSR count). The van der Waals surface area contributed by atoms with Crippen molar-refractivity contribution >= 4 is 17.4 Å². The number of rotatable bonds is 5. The van der Waals surface area contributed by atoms with E-state index in [4.69, 9.17) is 9.47 Å². The van der Waals surface area contributed by atoms with E-state index in [9.17, 15) is 4.79 Å². The molecule has 0 radical (unpaired) electrons. The van der Waals surface area contributed by atoms with Crippen LogP contribution < -0.4 is 20.1 Å². The van der Waals surface area contributed by atoms with Gasteiger partial charge in [-0.1, -0.05) is 6.07 Å². The number of thiazole rings is 1. The highest BCUT2D eigenvalue weighted by atomic mass is 32.1. The van der Waals surface area contributed by atoms with Crippen molar-refractivity contribution in [1.29, 1.82) is 0 Å². The first-order valence-electron chi connectivity index (χ1n) is 7.97. The Hall–Kier alpha value is -2.28.